The molecule has 3 N–H and O–H groups in total. The van der Waals surface area contributed by atoms with Crippen LogP contribution in [0.25, 0.3) is 0 Å². The van der Waals surface area contributed by atoms with Crippen LogP contribution in [0.2, 0.25) is 0 Å². The summed E-state index contributed by atoms with van der Waals surface area (Å²) in [5, 5.41) is 12.9. The van der Waals surface area contributed by atoms with E-state index in [2.05, 4.69) is 15.4 Å². The van der Waals surface area contributed by atoms with Crippen molar-refractivity contribution in [1.29, 1.82) is 5.41 Å². The average molecular weight is 401 g/mol. The highest BCUT2D eigenvalue weighted by Gasteiger charge is 2.11. The molecule has 8 nitrogen and oxygen atoms in total. The van der Waals surface area contributed by atoms with E-state index in [1.165, 1.54) is 43.1 Å². The molecule has 2 aromatic rings. The molecule has 28 heavy (non-hydrogen) atoms. The summed E-state index contributed by atoms with van der Waals surface area (Å²) in [6.45, 7) is -0.236. The zero-order chi connectivity index (χ0) is 20.5. The van der Waals surface area contributed by atoms with Crippen LogP contribution in [0.1, 0.15) is 15.9 Å². The summed E-state index contributed by atoms with van der Waals surface area (Å²) in [5.41, 5.74) is 1.49. The molecule has 0 aromatic heterocycles. The van der Waals surface area contributed by atoms with Gasteiger partial charge in [-0.15, -0.1) is 11.8 Å². The van der Waals surface area contributed by atoms with E-state index >= 15 is 0 Å². The van der Waals surface area contributed by atoms with Gasteiger partial charge in [0, 0.05) is 16.8 Å². The van der Waals surface area contributed by atoms with Crippen LogP contribution in [0.4, 0.5) is 10.5 Å². The summed E-state index contributed by atoms with van der Waals surface area (Å²) < 4.78 is 9.65. The Morgan fingerprint density at radius 1 is 1.00 bits per heavy atom. The maximum Gasteiger partial charge on any atom is 0.343 e. The Kier molecular flexibility index (Phi) is 7.58. The molecule has 3 amide bonds. The van der Waals surface area contributed by atoms with Gasteiger partial charge in [-0.2, -0.15) is 0 Å². The van der Waals surface area contributed by atoms with Crippen molar-refractivity contribution in [1.82, 2.24) is 5.32 Å². The van der Waals surface area contributed by atoms with Gasteiger partial charge in [0.25, 0.3) is 5.91 Å². The standard InChI is InChI=1S/C19H19N3O5S/c1-26-16(23)11-27-15-9-5-13(6-10-15)18(24)22-19(25)21-14-7-3-12(4-8-14)17(20)28-2/h3-10,20H,11H2,1-2H3,(H2,21,22,24,25). The fraction of sp³-hybridized carbons (Fsp3) is 0.158. The first-order valence-electron chi connectivity index (χ1n) is 8.08. The molecule has 0 fully saturated rings. The van der Waals surface area contributed by atoms with E-state index in [1.807, 2.05) is 6.26 Å². The maximum absolute atomic E-state index is 12.1. The Balaban J connectivity index is 1.88. The monoisotopic (exact) mass is 401 g/mol. The van der Waals surface area contributed by atoms with E-state index < -0.39 is 17.9 Å². The molecule has 0 saturated heterocycles. The number of imide groups is 1. The smallest absolute Gasteiger partial charge is 0.343 e. The Bertz CT molecular complexity index is 866. The lowest BCUT2D eigenvalue weighted by Crippen LogP contribution is -2.34. The molecule has 9 heteroatoms. The zero-order valence-corrected chi connectivity index (χ0v) is 16.1. The van der Waals surface area contributed by atoms with E-state index in [1.54, 1.807) is 24.3 Å². The summed E-state index contributed by atoms with van der Waals surface area (Å²) in [7, 11) is 1.26. The van der Waals surface area contributed by atoms with Crippen LogP contribution in [0.5, 0.6) is 5.75 Å². The SMILES string of the molecule is COC(=O)COc1ccc(C(=O)NC(=O)Nc2ccc(C(=N)SC)cc2)cc1. The zero-order valence-electron chi connectivity index (χ0n) is 15.3. The third-order valence-electron chi connectivity index (χ3n) is 3.54. The quantitative estimate of drug-likeness (QED) is 0.389. The second-order valence-electron chi connectivity index (χ2n) is 5.41. The molecule has 0 aliphatic carbocycles. The minimum Gasteiger partial charge on any atom is -0.482 e. The molecule has 0 aliphatic heterocycles. The largest absolute Gasteiger partial charge is 0.482 e. The minimum absolute atomic E-state index is 0.236. The molecule has 2 rings (SSSR count). The molecular formula is C19H19N3O5S. The van der Waals surface area contributed by atoms with Gasteiger partial charge in [-0.05, 0) is 42.7 Å². The molecule has 146 valence electrons. The van der Waals surface area contributed by atoms with Crippen LogP contribution < -0.4 is 15.4 Å². The van der Waals surface area contributed by atoms with E-state index in [0.717, 1.165) is 5.56 Å². The van der Waals surface area contributed by atoms with Crippen LogP contribution in [0.15, 0.2) is 48.5 Å². The Hall–Kier alpha value is -3.33. The lowest BCUT2D eigenvalue weighted by molar-refractivity contribution is -0.142. The number of esters is 1. The van der Waals surface area contributed by atoms with E-state index in [-0.39, 0.29) is 12.2 Å². The predicted octanol–water partition coefficient (Wildman–Crippen LogP) is 2.89. The van der Waals surface area contributed by atoms with Crippen molar-refractivity contribution in [2.45, 2.75) is 0 Å². The van der Waals surface area contributed by atoms with Crippen LogP contribution in [-0.2, 0) is 9.53 Å². The Labute approximate surface area is 166 Å². The third kappa shape index (κ3) is 6.13. The number of benzene rings is 2. The number of methoxy groups -OCH3 is 1. The molecule has 0 bridgehead atoms. The summed E-state index contributed by atoms with van der Waals surface area (Å²) in [6, 6.07) is 12.0. The van der Waals surface area contributed by atoms with Crippen LogP contribution in [0.3, 0.4) is 0 Å². The van der Waals surface area contributed by atoms with Gasteiger partial charge in [0.1, 0.15) is 5.75 Å². The number of carbonyl (C=O) groups is 3. The van der Waals surface area contributed by atoms with E-state index in [4.69, 9.17) is 10.1 Å². The van der Waals surface area contributed by atoms with Crippen molar-refractivity contribution in [3.8, 4) is 5.75 Å². The van der Waals surface area contributed by atoms with Gasteiger partial charge in [0.2, 0.25) is 0 Å². The average Bonchev–Trinajstić information content (AvgIpc) is 2.72. The van der Waals surface area contributed by atoms with Crippen molar-refractivity contribution in [3.05, 3.63) is 59.7 Å². The Morgan fingerprint density at radius 2 is 1.61 bits per heavy atom. The number of rotatable bonds is 6. The molecule has 0 aliphatic rings. The van der Waals surface area contributed by atoms with Crippen molar-refractivity contribution in [3.63, 3.8) is 0 Å². The number of ether oxygens (including phenoxy) is 2. The van der Waals surface area contributed by atoms with Crippen molar-refractivity contribution in [2.24, 2.45) is 0 Å². The van der Waals surface area contributed by atoms with Gasteiger partial charge >= 0.3 is 12.0 Å². The van der Waals surface area contributed by atoms with E-state index in [9.17, 15) is 14.4 Å². The highest BCUT2D eigenvalue weighted by molar-refractivity contribution is 8.13. The van der Waals surface area contributed by atoms with Gasteiger partial charge < -0.3 is 14.8 Å². The van der Waals surface area contributed by atoms with Crippen LogP contribution in [-0.4, -0.2) is 42.9 Å². The number of nitrogens with one attached hydrogen (secondary N) is 3. The molecule has 0 atom stereocenters. The Morgan fingerprint density at radius 3 is 2.18 bits per heavy atom. The number of hydrogen-bond donors (Lipinski definition) is 3. The van der Waals surface area contributed by atoms with Gasteiger partial charge in [-0.1, -0.05) is 12.1 Å². The first-order valence-corrected chi connectivity index (χ1v) is 9.30. The number of carbonyl (C=O) groups excluding carboxylic acids is 3. The molecule has 0 heterocycles. The highest BCUT2D eigenvalue weighted by Crippen LogP contribution is 2.14. The minimum atomic E-state index is -0.677. The first-order chi connectivity index (χ1) is 13.4. The third-order valence-corrected chi connectivity index (χ3v) is 4.18. The second kappa shape index (κ2) is 10.1. The summed E-state index contributed by atoms with van der Waals surface area (Å²) in [6.07, 6.45) is 1.81. The number of urea groups is 1. The van der Waals surface area contributed by atoms with Gasteiger partial charge in [-0.25, -0.2) is 9.59 Å². The number of anilines is 1. The topological polar surface area (TPSA) is 118 Å². The summed E-state index contributed by atoms with van der Waals surface area (Å²) in [4.78, 5) is 35.1. The van der Waals surface area contributed by atoms with Crippen molar-refractivity contribution < 1.29 is 23.9 Å². The fourth-order valence-electron chi connectivity index (χ4n) is 2.06. The van der Waals surface area contributed by atoms with Crippen molar-refractivity contribution in [2.75, 3.05) is 25.3 Å². The molecular weight excluding hydrogens is 382 g/mol. The first kappa shape index (κ1) is 21.0. The maximum atomic E-state index is 12.1. The molecule has 0 saturated carbocycles. The van der Waals surface area contributed by atoms with Crippen LogP contribution >= 0.6 is 11.8 Å². The molecule has 0 spiro atoms. The van der Waals surface area contributed by atoms with Crippen molar-refractivity contribution >= 4 is 40.4 Å². The second-order valence-corrected chi connectivity index (χ2v) is 6.22. The lowest BCUT2D eigenvalue weighted by Gasteiger charge is -2.09. The highest BCUT2D eigenvalue weighted by atomic mass is 32.2. The van der Waals surface area contributed by atoms with Crippen LogP contribution in [0, 0.1) is 5.41 Å². The normalized spacial score (nSPS) is 9.93. The van der Waals surface area contributed by atoms with Gasteiger partial charge in [-0.3, -0.25) is 15.5 Å². The molecule has 0 radical (unpaired) electrons. The predicted molar refractivity (Wildman–Crippen MR) is 107 cm³/mol. The summed E-state index contributed by atoms with van der Waals surface area (Å²) >= 11 is 1.32. The van der Waals surface area contributed by atoms with E-state index in [0.29, 0.717) is 16.5 Å². The number of thioether (sulfide) groups is 1. The molecule has 2 aromatic carbocycles. The fourth-order valence-corrected chi connectivity index (χ4v) is 2.44. The number of amides is 3. The van der Waals surface area contributed by atoms with Gasteiger partial charge in [0.05, 0.1) is 12.2 Å². The summed E-state index contributed by atoms with van der Waals surface area (Å²) in [5.74, 6) is -0.711. The lowest BCUT2D eigenvalue weighted by atomic mass is 10.2. The molecule has 0 unspecified atom stereocenters. The number of hydrogen-bond acceptors (Lipinski definition) is 7. The van der Waals surface area contributed by atoms with Gasteiger partial charge in [0.15, 0.2) is 6.61 Å².